The van der Waals surface area contributed by atoms with E-state index in [9.17, 15) is 24.0 Å². The molecule has 0 aromatic carbocycles. The van der Waals surface area contributed by atoms with Gasteiger partial charge in [0.15, 0.2) is 0 Å². The number of hydrogen-bond donors (Lipinski definition) is 3. The van der Waals surface area contributed by atoms with E-state index in [0.717, 1.165) is 0 Å². The molecule has 3 atom stereocenters. The van der Waals surface area contributed by atoms with E-state index in [1.807, 2.05) is 0 Å². The molecule has 0 saturated carbocycles. The van der Waals surface area contributed by atoms with Crippen LogP contribution in [0.3, 0.4) is 0 Å². The Morgan fingerprint density at radius 1 is 0.724 bits per heavy atom. The molecule has 176 valence electrons. The summed E-state index contributed by atoms with van der Waals surface area (Å²) in [5.41, 5.74) is -0.442. The highest BCUT2D eigenvalue weighted by Crippen LogP contribution is 2.46. The van der Waals surface area contributed by atoms with Crippen molar-refractivity contribution in [3.63, 3.8) is 0 Å². The summed E-state index contributed by atoms with van der Waals surface area (Å²) in [4.78, 5) is 18.7. The van der Waals surface area contributed by atoms with Gasteiger partial charge in [-0.25, -0.2) is 0 Å². The fourth-order valence-corrected chi connectivity index (χ4v) is 2.82. The van der Waals surface area contributed by atoms with Crippen LogP contribution in [0.15, 0.2) is 0 Å². The minimum absolute atomic E-state index is 0.0117. The second-order valence-electron chi connectivity index (χ2n) is 6.31. The minimum Gasteiger partial charge on any atom is -0.388 e. The molecule has 3 unspecified atom stereocenters. The summed E-state index contributed by atoms with van der Waals surface area (Å²) in [5, 5.41) is 9.56. The highest BCUT2D eigenvalue weighted by atomic mass is 31.2. The predicted molar refractivity (Wildman–Crippen MR) is 107 cm³/mol. The van der Waals surface area contributed by atoms with Crippen molar-refractivity contribution < 1.29 is 52.0 Å². The molecule has 0 aliphatic heterocycles. The zero-order valence-corrected chi connectivity index (χ0v) is 19.2. The van der Waals surface area contributed by atoms with Crippen LogP contribution >= 0.6 is 15.2 Å². The third kappa shape index (κ3) is 17.5. The Bertz CT molecular complexity index is 489. The fraction of sp³-hybridized carbons (Fsp3) is 1.00. The summed E-state index contributed by atoms with van der Waals surface area (Å²) in [7, 11) is -7.14. The molecule has 29 heavy (non-hydrogen) atoms. The van der Waals surface area contributed by atoms with Crippen molar-refractivity contribution in [2.75, 3.05) is 72.2 Å². The molecule has 0 amide bonds. The topological polar surface area (TPSA) is 150 Å². The number of hydrogen-bond acceptors (Lipinski definition) is 9. The lowest BCUT2D eigenvalue weighted by molar-refractivity contribution is -0.0258. The van der Waals surface area contributed by atoms with E-state index in [2.05, 4.69) is 0 Å². The lowest BCUT2D eigenvalue weighted by Gasteiger charge is -2.15. The molecule has 11 nitrogen and oxygen atoms in total. The lowest BCUT2D eigenvalue weighted by atomic mass is 10.4. The summed E-state index contributed by atoms with van der Waals surface area (Å²) in [6, 6.07) is 0. The van der Waals surface area contributed by atoms with Gasteiger partial charge in [0.1, 0.15) is 6.10 Å². The number of aliphatic hydroxyl groups excluding tert-OH is 1. The number of ether oxygens (including phenoxy) is 4. The van der Waals surface area contributed by atoms with Crippen molar-refractivity contribution in [1.82, 2.24) is 0 Å². The monoisotopic (exact) mass is 466 g/mol. The Hall–Kier alpha value is 0.1000. The average Bonchev–Trinajstić information content (AvgIpc) is 2.66. The molecular weight excluding hydrogens is 430 g/mol. The molecule has 0 heterocycles. The van der Waals surface area contributed by atoms with E-state index < -0.39 is 27.0 Å². The normalized spacial score (nSPS) is 17.2. The van der Waals surface area contributed by atoms with Gasteiger partial charge in [0, 0.05) is 6.16 Å². The molecule has 3 N–H and O–H groups in total. The minimum atomic E-state index is -3.60. The summed E-state index contributed by atoms with van der Waals surface area (Å²) >= 11 is 0. The Labute approximate surface area is 172 Å². The van der Waals surface area contributed by atoms with Crippen molar-refractivity contribution in [2.45, 2.75) is 32.5 Å². The molecule has 0 aliphatic carbocycles. The fourth-order valence-electron chi connectivity index (χ4n) is 1.60. The van der Waals surface area contributed by atoms with Crippen LogP contribution in [-0.4, -0.2) is 98.9 Å². The van der Waals surface area contributed by atoms with Crippen molar-refractivity contribution >= 4 is 15.2 Å². The lowest BCUT2D eigenvalue weighted by Crippen LogP contribution is -2.22. The van der Waals surface area contributed by atoms with Crippen molar-refractivity contribution in [2.24, 2.45) is 0 Å². The number of aliphatic hydroxyl groups is 1. The zero-order chi connectivity index (χ0) is 22.2. The van der Waals surface area contributed by atoms with Crippen molar-refractivity contribution in [1.29, 1.82) is 0 Å². The maximum absolute atomic E-state index is 11.5. The summed E-state index contributed by atoms with van der Waals surface area (Å²) in [6.45, 7) is 6.75. The summed E-state index contributed by atoms with van der Waals surface area (Å²) < 4.78 is 53.4. The molecule has 0 aromatic rings. The van der Waals surface area contributed by atoms with E-state index in [-0.39, 0.29) is 39.2 Å². The standard InChI is InChI=1S/C16H36O11P2/c1-4-28(18,19)27-14-16(17)13-25-10-9-23-6-5-22-7-8-24-11-12-26-29(20,21)15(2)3/h15-17H,4-14H2,1-3H3,(H,18,19)(H,20,21). The molecule has 13 heteroatoms. The van der Waals surface area contributed by atoms with Crippen molar-refractivity contribution in [3.8, 4) is 0 Å². The molecule has 0 bridgehead atoms. The molecular formula is C16H36O11P2. The Balaban J connectivity index is 3.34. The van der Waals surface area contributed by atoms with Crippen LogP contribution in [0.2, 0.25) is 0 Å². The van der Waals surface area contributed by atoms with Gasteiger partial charge in [0.2, 0.25) is 0 Å². The van der Waals surface area contributed by atoms with Gasteiger partial charge in [-0.15, -0.1) is 0 Å². The Kier molecular flexibility index (Phi) is 16.8. The van der Waals surface area contributed by atoms with Gasteiger partial charge in [-0.1, -0.05) is 20.8 Å². The second-order valence-corrected chi connectivity index (χ2v) is 10.9. The maximum Gasteiger partial charge on any atom is 0.330 e. The van der Waals surface area contributed by atoms with E-state index in [1.54, 1.807) is 13.8 Å². The first-order chi connectivity index (χ1) is 13.6. The quantitative estimate of drug-likeness (QED) is 0.176. The molecule has 0 aliphatic rings. The van der Waals surface area contributed by atoms with Gasteiger partial charge in [-0.3, -0.25) is 9.13 Å². The Morgan fingerprint density at radius 2 is 1.17 bits per heavy atom. The highest BCUT2D eigenvalue weighted by molar-refractivity contribution is 7.53. The van der Waals surface area contributed by atoms with Crippen LogP contribution in [0.1, 0.15) is 20.8 Å². The largest absolute Gasteiger partial charge is 0.388 e. The zero-order valence-electron chi connectivity index (χ0n) is 17.4. The Morgan fingerprint density at radius 3 is 1.62 bits per heavy atom. The van der Waals surface area contributed by atoms with E-state index in [0.29, 0.717) is 33.0 Å². The molecule has 0 spiro atoms. The van der Waals surface area contributed by atoms with Crippen LogP contribution in [0.5, 0.6) is 0 Å². The molecule has 0 rings (SSSR count). The average molecular weight is 466 g/mol. The maximum atomic E-state index is 11.5. The SMILES string of the molecule is CCP(=O)(O)OCC(O)COCCOCCOCCOCCOP(=O)(O)C(C)C. The smallest absolute Gasteiger partial charge is 0.330 e. The molecule has 0 fully saturated rings. The van der Waals surface area contributed by atoms with E-state index in [1.165, 1.54) is 6.92 Å². The van der Waals surface area contributed by atoms with Gasteiger partial charge in [-0.2, -0.15) is 0 Å². The van der Waals surface area contributed by atoms with Gasteiger partial charge < -0.3 is 42.9 Å². The third-order valence-electron chi connectivity index (χ3n) is 3.45. The van der Waals surface area contributed by atoms with Crippen LogP contribution in [0.4, 0.5) is 0 Å². The second kappa shape index (κ2) is 16.8. The van der Waals surface area contributed by atoms with Gasteiger partial charge in [0.05, 0.1) is 71.7 Å². The summed E-state index contributed by atoms with van der Waals surface area (Å²) in [6.07, 6.45) is -0.993. The summed E-state index contributed by atoms with van der Waals surface area (Å²) in [5.74, 6) is 0. The number of rotatable bonds is 20. The highest BCUT2D eigenvalue weighted by Gasteiger charge is 2.23. The van der Waals surface area contributed by atoms with E-state index in [4.69, 9.17) is 28.0 Å². The van der Waals surface area contributed by atoms with Crippen LogP contribution < -0.4 is 0 Å². The molecule has 0 saturated heterocycles. The van der Waals surface area contributed by atoms with Gasteiger partial charge in [0.25, 0.3) is 0 Å². The predicted octanol–water partition coefficient (Wildman–Crippen LogP) is 1.25. The first kappa shape index (κ1) is 29.1. The van der Waals surface area contributed by atoms with Gasteiger partial charge in [-0.05, 0) is 0 Å². The molecule has 0 aromatic heterocycles. The van der Waals surface area contributed by atoms with Crippen LogP contribution in [-0.2, 0) is 37.1 Å². The molecule has 0 radical (unpaired) electrons. The van der Waals surface area contributed by atoms with E-state index >= 15 is 0 Å². The van der Waals surface area contributed by atoms with Crippen LogP contribution in [0, 0.1) is 0 Å². The van der Waals surface area contributed by atoms with Gasteiger partial charge >= 0.3 is 15.2 Å². The first-order valence-corrected chi connectivity index (χ1v) is 12.9. The first-order valence-electron chi connectivity index (χ1n) is 9.53. The third-order valence-corrected chi connectivity index (χ3v) is 6.66. The van der Waals surface area contributed by atoms with Crippen LogP contribution in [0.25, 0.3) is 0 Å². The van der Waals surface area contributed by atoms with Crippen molar-refractivity contribution in [3.05, 3.63) is 0 Å².